The number of aromatic nitrogens is 2. The highest BCUT2D eigenvalue weighted by Crippen LogP contribution is 2.38. The van der Waals surface area contributed by atoms with Gasteiger partial charge in [0.25, 0.3) is 5.91 Å². The monoisotopic (exact) mass is 291 g/mol. The molecule has 0 radical (unpaired) electrons. The maximum atomic E-state index is 12.8. The predicted octanol–water partition coefficient (Wildman–Crippen LogP) is 0.755. The number of alkyl halides is 3. The Kier molecular flexibility index (Phi) is 3.45. The van der Waals surface area contributed by atoms with Crippen molar-refractivity contribution >= 4 is 11.9 Å². The normalized spacial score (nSPS) is 23.1. The van der Waals surface area contributed by atoms with Gasteiger partial charge in [-0.25, -0.2) is 0 Å². The first kappa shape index (κ1) is 14.4. The quantitative estimate of drug-likeness (QED) is 0.872. The van der Waals surface area contributed by atoms with E-state index in [9.17, 15) is 22.8 Å². The second kappa shape index (κ2) is 4.80. The molecule has 6 nitrogen and oxygen atoms in total. The number of hydrogen-bond acceptors (Lipinski definition) is 3. The van der Waals surface area contributed by atoms with Crippen LogP contribution < -0.4 is 0 Å². The Morgan fingerprint density at radius 2 is 2.05 bits per heavy atom. The average Bonchev–Trinajstić information content (AvgIpc) is 2.92. The average molecular weight is 291 g/mol. The fourth-order valence-electron chi connectivity index (χ4n) is 2.30. The van der Waals surface area contributed by atoms with Gasteiger partial charge in [0.15, 0.2) is 0 Å². The van der Waals surface area contributed by atoms with E-state index in [1.807, 2.05) is 0 Å². The second-order valence-electron chi connectivity index (χ2n) is 4.64. The molecule has 1 fully saturated rings. The molecule has 1 aromatic heterocycles. The minimum absolute atomic E-state index is 0.122. The van der Waals surface area contributed by atoms with Crippen molar-refractivity contribution in [2.75, 3.05) is 13.1 Å². The molecule has 0 aromatic carbocycles. The Morgan fingerprint density at radius 3 is 2.45 bits per heavy atom. The maximum Gasteiger partial charge on any atom is 0.394 e. The number of halogens is 3. The van der Waals surface area contributed by atoms with Crippen molar-refractivity contribution in [3.05, 3.63) is 18.0 Å². The summed E-state index contributed by atoms with van der Waals surface area (Å²) < 4.78 is 39.7. The van der Waals surface area contributed by atoms with Crippen LogP contribution in [0, 0.1) is 11.8 Å². The molecule has 2 heterocycles. The Labute approximate surface area is 111 Å². The Balaban J connectivity index is 2.22. The molecule has 1 aliphatic heterocycles. The summed E-state index contributed by atoms with van der Waals surface area (Å²) in [5, 5.41) is 12.6. The number of hydrogen-bond donors (Lipinski definition) is 1. The maximum absolute atomic E-state index is 12.8. The van der Waals surface area contributed by atoms with Gasteiger partial charge in [-0.15, -0.1) is 0 Å². The highest BCUT2D eigenvalue weighted by molar-refractivity contribution is 5.93. The van der Waals surface area contributed by atoms with Crippen LogP contribution in [0.25, 0.3) is 0 Å². The van der Waals surface area contributed by atoms with Crippen LogP contribution in [0.5, 0.6) is 0 Å². The van der Waals surface area contributed by atoms with Crippen molar-refractivity contribution in [1.29, 1.82) is 0 Å². The van der Waals surface area contributed by atoms with Gasteiger partial charge in [0, 0.05) is 26.3 Å². The highest BCUT2D eigenvalue weighted by atomic mass is 19.4. The fraction of sp³-hybridized carbons (Fsp3) is 0.545. The molecule has 1 N–H and O–H groups in total. The summed E-state index contributed by atoms with van der Waals surface area (Å²) in [6, 6.07) is 1.37. The van der Waals surface area contributed by atoms with Crippen molar-refractivity contribution in [3.8, 4) is 0 Å². The number of nitrogens with zero attached hydrogens (tertiary/aromatic N) is 3. The lowest BCUT2D eigenvalue weighted by molar-refractivity contribution is -0.187. The van der Waals surface area contributed by atoms with Crippen molar-refractivity contribution in [2.24, 2.45) is 18.9 Å². The molecule has 1 saturated heterocycles. The van der Waals surface area contributed by atoms with Gasteiger partial charge in [0.1, 0.15) is 5.69 Å². The van der Waals surface area contributed by atoms with Gasteiger partial charge in [-0.05, 0) is 6.07 Å². The van der Waals surface area contributed by atoms with E-state index in [1.54, 1.807) is 0 Å². The van der Waals surface area contributed by atoms with Crippen molar-refractivity contribution in [2.45, 2.75) is 6.18 Å². The molecule has 0 bridgehead atoms. The fourth-order valence-corrected chi connectivity index (χ4v) is 2.30. The van der Waals surface area contributed by atoms with Gasteiger partial charge in [-0.1, -0.05) is 0 Å². The zero-order valence-electron chi connectivity index (χ0n) is 10.5. The number of carboxylic acids is 1. The minimum atomic E-state index is -4.65. The molecule has 1 amide bonds. The van der Waals surface area contributed by atoms with Crippen LogP contribution in [0.3, 0.4) is 0 Å². The molecule has 0 saturated carbocycles. The lowest BCUT2D eigenvalue weighted by Gasteiger charge is -2.18. The molecule has 9 heteroatoms. The van der Waals surface area contributed by atoms with Gasteiger partial charge >= 0.3 is 12.1 Å². The number of aryl methyl sites for hydroxylation is 1. The molecule has 110 valence electrons. The van der Waals surface area contributed by atoms with Crippen LogP contribution in [0.15, 0.2) is 12.3 Å². The summed E-state index contributed by atoms with van der Waals surface area (Å²) >= 11 is 0. The van der Waals surface area contributed by atoms with E-state index in [0.717, 1.165) is 4.90 Å². The van der Waals surface area contributed by atoms with E-state index >= 15 is 0 Å². The predicted molar refractivity (Wildman–Crippen MR) is 59.8 cm³/mol. The van der Waals surface area contributed by atoms with E-state index in [0.29, 0.717) is 0 Å². The minimum Gasteiger partial charge on any atom is -0.481 e. The summed E-state index contributed by atoms with van der Waals surface area (Å²) in [6.45, 7) is -1.10. The van der Waals surface area contributed by atoms with Gasteiger partial charge < -0.3 is 10.0 Å². The van der Waals surface area contributed by atoms with E-state index < -0.39 is 43.0 Å². The summed E-state index contributed by atoms with van der Waals surface area (Å²) in [5.41, 5.74) is 0.122. The molecule has 1 aliphatic rings. The molecule has 0 unspecified atom stereocenters. The van der Waals surface area contributed by atoms with E-state index in [4.69, 9.17) is 5.11 Å². The summed E-state index contributed by atoms with van der Waals surface area (Å²) in [4.78, 5) is 23.9. The van der Waals surface area contributed by atoms with E-state index in [-0.39, 0.29) is 5.69 Å². The smallest absolute Gasteiger partial charge is 0.394 e. The Morgan fingerprint density at radius 1 is 1.40 bits per heavy atom. The van der Waals surface area contributed by atoms with Crippen LogP contribution in [0.4, 0.5) is 13.2 Å². The Hall–Kier alpha value is -2.06. The van der Waals surface area contributed by atoms with Gasteiger partial charge in [-0.3, -0.25) is 14.3 Å². The molecule has 0 aliphatic carbocycles. The number of amides is 1. The topological polar surface area (TPSA) is 75.4 Å². The van der Waals surface area contributed by atoms with Crippen LogP contribution in [-0.2, 0) is 11.8 Å². The Bertz CT molecular complexity index is 541. The van der Waals surface area contributed by atoms with Gasteiger partial charge in [0.05, 0.1) is 11.8 Å². The third-order valence-electron chi connectivity index (χ3n) is 3.38. The number of aliphatic carboxylic acids is 1. The third-order valence-corrected chi connectivity index (χ3v) is 3.38. The number of carbonyl (C=O) groups is 2. The standard InChI is InChI=1S/C11H12F3N3O3/c1-16-8(2-3-15-16)9(18)17-4-6(10(19)20)7(5-17)11(12,13)14/h2-3,6-7H,4-5H2,1H3,(H,19,20)/t6-,7-/m1/s1. The van der Waals surface area contributed by atoms with E-state index in [2.05, 4.69) is 5.10 Å². The summed E-state index contributed by atoms with van der Waals surface area (Å²) in [5.74, 6) is -5.88. The molecule has 2 atom stereocenters. The third kappa shape index (κ3) is 2.47. The largest absolute Gasteiger partial charge is 0.481 e. The summed E-state index contributed by atoms with van der Waals surface area (Å²) in [7, 11) is 1.49. The number of carbonyl (C=O) groups excluding carboxylic acids is 1. The number of likely N-dealkylation sites (tertiary alicyclic amines) is 1. The lowest BCUT2D eigenvalue weighted by Crippen LogP contribution is -2.34. The van der Waals surface area contributed by atoms with Crippen molar-refractivity contribution in [3.63, 3.8) is 0 Å². The van der Waals surface area contributed by atoms with Crippen LogP contribution >= 0.6 is 0 Å². The molecule has 2 rings (SSSR count). The highest BCUT2D eigenvalue weighted by Gasteiger charge is 2.53. The van der Waals surface area contributed by atoms with E-state index in [1.165, 1.54) is 24.0 Å². The molecular formula is C11H12F3N3O3. The lowest BCUT2D eigenvalue weighted by atomic mass is 9.96. The second-order valence-corrected chi connectivity index (χ2v) is 4.64. The molecule has 20 heavy (non-hydrogen) atoms. The zero-order valence-corrected chi connectivity index (χ0v) is 10.5. The van der Waals surface area contributed by atoms with Gasteiger partial charge in [0.2, 0.25) is 0 Å². The van der Waals surface area contributed by atoms with Crippen LogP contribution in [-0.4, -0.2) is 50.9 Å². The summed E-state index contributed by atoms with van der Waals surface area (Å²) in [6.07, 6.45) is -3.30. The van der Waals surface area contributed by atoms with Crippen LogP contribution in [0.1, 0.15) is 10.5 Å². The van der Waals surface area contributed by atoms with Gasteiger partial charge in [-0.2, -0.15) is 18.3 Å². The number of rotatable bonds is 2. The number of carboxylic acid groups (broad SMARTS) is 1. The SMILES string of the molecule is Cn1nccc1C(=O)N1C[C@@H](C(F)(F)F)[C@H](C(=O)O)C1. The van der Waals surface area contributed by atoms with Crippen molar-refractivity contribution in [1.82, 2.24) is 14.7 Å². The molecule has 1 aromatic rings. The first-order valence-electron chi connectivity index (χ1n) is 5.78. The van der Waals surface area contributed by atoms with Crippen LogP contribution in [0.2, 0.25) is 0 Å². The zero-order chi connectivity index (χ0) is 15.1. The van der Waals surface area contributed by atoms with Crippen molar-refractivity contribution < 1.29 is 27.9 Å². The first-order chi connectivity index (χ1) is 9.21. The molecular weight excluding hydrogens is 279 g/mol. The molecule has 0 spiro atoms. The first-order valence-corrected chi connectivity index (χ1v) is 5.78.